The monoisotopic (exact) mass is 1420 g/mol. The Morgan fingerprint density at radius 2 is 0.459 bits per heavy atom. The Kier molecular flexibility index (Phi) is 15.6. The zero-order valence-corrected chi connectivity index (χ0v) is 59.8. The van der Waals surface area contributed by atoms with E-state index in [0.717, 1.165) is 155 Å². The summed E-state index contributed by atoms with van der Waals surface area (Å²) in [6, 6.07) is 123. The maximum atomic E-state index is 5.36. The van der Waals surface area contributed by atoms with E-state index in [1.165, 1.54) is 21.8 Å². The van der Waals surface area contributed by atoms with E-state index in [-0.39, 0.29) is 0 Å². The maximum Gasteiger partial charge on any atom is 0.234 e. The molecular formula is C99H64N12. The minimum atomic E-state index is 0.607. The molecule has 8 aromatic heterocycles. The minimum absolute atomic E-state index is 0.607. The fourth-order valence-corrected chi connectivity index (χ4v) is 16.2. The highest BCUT2D eigenvalue weighted by Gasteiger charge is 2.25. The number of rotatable bonds is 12. The third kappa shape index (κ3) is 11.1. The van der Waals surface area contributed by atoms with E-state index < -0.39 is 0 Å². The summed E-state index contributed by atoms with van der Waals surface area (Å²) in [5, 5.41) is 9.51. The molecule has 12 nitrogen and oxygen atoms in total. The summed E-state index contributed by atoms with van der Waals surface area (Å²) in [7, 11) is 0. The molecule has 520 valence electrons. The summed E-state index contributed by atoms with van der Waals surface area (Å²) in [4.78, 5) is 35.2. The number of nitrogens with zero attached hydrogens (tertiary/aromatic N) is 12. The average molecular weight is 1420 g/mol. The van der Waals surface area contributed by atoms with Gasteiger partial charge in [-0.2, -0.15) is 0 Å². The lowest BCUT2D eigenvalue weighted by Gasteiger charge is -2.15. The predicted molar refractivity (Wildman–Crippen MR) is 452 cm³/mol. The van der Waals surface area contributed by atoms with Crippen molar-refractivity contribution in [2.24, 2.45) is 0 Å². The number of imidazole rings is 1. The SMILES string of the molecule is c1ccc(-c2nc(-c3ccccc3)n(-c3cccc(-c4ccc(-n5c6ccccc6c6ccccc65)cc4)c3)c2-c2ccccc2)cc1.c1ccc2c(c1)c1ccccc1n2-c1ncc(-c2cc(-c3cnc(-n4c5ccccc5c5ccccc54)nc3)cc(-c3cnc(-n4c5ccccc5c5ccccc54)nc3)c2)cn1. The highest BCUT2D eigenvalue weighted by Crippen LogP contribution is 2.42. The molecule has 0 bridgehead atoms. The van der Waals surface area contributed by atoms with Crippen LogP contribution in [0.5, 0.6) is 0 Å². The van der Waals surface area contributed by atoms with Gasteiger partial charge in [-0.25, -0.2) is 34.9 Å². The van der Waals surface area contributed by atoms with Crippen LogP contribution >= 0.6 is 0 Å². The molecule has 0 aliphatic rings. The van der Waals surface area contributed by atoms with Crippen LogP contribution < -0.4 is 0 Å². The van der Waals surface area contributed by atoms with Crippen LogP contribution in [0.1, 0.15) is 0 Å². The van der Waals surface area contributed by atoms with Gasteiger partial charge < -0.3 is 4.57 Å². The van der Waals surface area contributed by atoms with E-state index in [1.54, 1.807) is 0 Å². The molecule has 0 saturated carbocycles. The van der Waals surface area contributed by atoms with Gasteiger partial charge in [0.1, 0.15) is 5.82 Å². The van der Waals surface area contributed by atoms with Crippen molar-refractivity contribution in [2.45, 2.75) is 0 Å². The summed E-state index contributed by atoms with van der Waals surface area (Å²) in [6.45, 7) is 0. The summed E-state index contributed by atoms with van der Waals surface area (Å²) >= 11 is 0. The highest BCUT2D eigenvalue weighted by molar-refractivity contribution is 6.12. The summed E-state index contributed by atoms with van der Waals surface area (Å²) in [6.07, 6.45) is 11.4. The van der Waals surface area contributed by atoms with Crippen LogP contribution in [0.3, 0.4) is 0 Å². The van der Waals surface area contributed by atoms with E-state index in [2.05, 4.69) is 375 Å². The second kappa shape index (κ2) is 26.9. The topological polar surface area (TPSA) is 115 Å². The van der Waals surface area contributed by atoms with Gasteiger partial charge in [0.2, 0.25) is 17.8 Å². The molecule has 0 atom stereocenters. The number of para-hydroxylation sites is 8. The van der Waals surface area contributed by atoms with Crippen LogP contribution in [0.4, 0.5) is 0 Å². The molecule has 14 aromatic carbocycles. The molecule has 22 rings (SSSR count). The molecule has 0 amide bonds. The number of fused-ring (bicyclic) bond motifs is 12. The Labute approximate surface area is 637 Å². The first kappa shape index (κ1) is 64.1. The van der Waals surface area contributed by atoms with Crippen molar-refractivity contribution in [2.75, 3.05) is 0 Å². The lowest BCUT2D eigenvalue weighted by molar-refractivity contribution is 0.989. The smallest absolute Gasteiger partial charge is 0.234 e. The molecule has 111 heavy (non-hydrogen) atoms. The average Bonchev–Trinajstić information content (AvgIpc) is 1.63. The summed E-state index contributed by atoms with van der Waals surface area (Å²) < 4.78 is 11.1. The van der Waals surface area contributed by atoms with Gasteiger partial charge in [-0.15, -0.1) is 0 Å². The number of aromatic nitrogens is 12. The molecule has 0 fully saturated rings. The molecule has 0 N–H and O–H groups in total. The van der Waals surface area contributed by atoms with Gasteiger partial charge in [-0.3, -0.25) is 18.3 Å². The highest BCUT2D eigenvalue weighted by atomic mass is 15.2. The van der Waals surface area contributed by atoms with Crippen LogP contribution in [0.25, 0.3) is 195 Å². The number of benzene rings is 14. The fourth-order valence-electron chi connectivity index (χ4n) is 16.2. The molecule has 0 saturated heterocycles. The summed E-state index contributed by atoms with van der Waals surface area (Å²) in [5.74, 6) is 2.73. The first-order valence-electron chi connectivity index (χ1n) is 37.1. The Morgan fingerprint density at radius 1 is 0.171 bits per heavy atom. The van der Waals surface area contributed by atoms with E-state index >= 15 is 0 Å². The largest absolute Gasteiger partial charge is 0.309 e. The van der Waals surface area contributed by atoms with Gasteiger partial charge in [0, 0.05) is 125 Å². The van der Waals surface area contributed by atoms with Crippen LogP contribution in [0, 0.1) is 0 Å². The Balaban J connectivity index is 0.000000146. The first-order valence-corrected chi connectivity index (χ1v) is 37.1. The molecule has 22 aromatic rings. The second-order valence-electron chi connectivity index (χ2n) is 27.8. The van der Waals surface area contributed by atoms with Crippen LogP contribution in [0.2, 0.25) is 0 Å². The fraction of sp³-hybridized carbons (Fsp3) is 0. The normalized spacial score (nSPS) is 11.6. The van der Waals surface area contributed by atoms with Gasteiger partial charge in [-0.05, 0) is 119 Å². The van der Waals surface area contributed by atoms with Crippen molar-refractivity contribution >= 4 is 87.2 Å². The van der Waals surface area contributed by atoms with E-state index in [4.69, 9.17) is 34.9 Å². The third-order valence-corrected chi connectivity index (χ3v) is 21.3. The molecule has 0 radical (unpaired) electrons. The van der Waals surface area contributed by atoms with Crippen molar-refractivity contribution in [1.82, 2.24) is 57.7 Å². The Bertz CT molecular complexity index is 6650. The lowest BCUT2D eigenvalue weighted by Crippen LogP contribution is -2.02. The van der Waals surface area contributed by atoms with Crippen molar-refractivity contribution in [3.63, 3.8) is 0 Å². The van der Waals surface area contributed by atoms with Gasteiger partial charge in [-0.1, -0.05) is 261 Å². The zero-order chi connectivity index (χ0) is 73.3. The molecule has 0 unspecified atom stereocenters. The predicted octanol–water partition coefficient (Wildman–Crippen LogP) is 24.0. The second-order valence-corrected chi connectivity index (χ2v) is 27.8. The first-order chi connectivity index (χ1) is 55.1. The van der Waals surface area contributed by atoms with Gasteiger partial charge >= 0.3 is 0 Å². The van der Waals surface area contributed by atoms with Gasteiger partial charge in [0.05, 0.1) is 55.5 Å². The number of hydrogen-bond acceptors (Lipinski definition) is 7. The minimum Gasteiger partial charge on any atom is -0.309 e. The quantitative estimate of drug-likeness (QED) is 0.120. The van der Waals surface area contributed by atoms with E-state index in [9.17, 15) is 0 Å². The molecular weight excluding hydrogens is 1360 g/mol. The molecule has 8 heterocycles. The molecule has 0 spiro atoms. The molecule has 12 heteroatoms. The van der Waals surface area contributed by atoms with Gasteiger partial charge in [0.25, 0.3) is 0 Å². The van der Waals surface area contributed by atoms with E-state index in [1.807, 2.05) is 37.2 Å². The van der Waals surface area contributed by atoms with E-state index in [0.29, 0.717) is 17.8 Å². The zero-order valence-electron chi connectivity index (χ0n) is 59.8. The number of hydrogen-bond donors (Lipinski definition) is 0. The molecule has 0 aliphatic heterocycles. The van der Waals surface area contributed by atoms with Crippen molar-refractivity contribution in [3.05, 3.63) is 389 Å². The van der Waals surface area contributed by atoms with Crippen LogP contribution in [-0.2, 0) is 0 Å². The maximum absolute atomic E-state index is 5.36. The Hall–Kier alpha value is -15.3. The van der Waals surface area contributed by atoms with Crippen molar-refractivity contribution in [1.29, 1.82) is 0 Å². The summed E-state index contributed by atoms with van der Waals surface area (Å²) in [5.41, 5.74) is 24.0. The standard InChI is InChI=1S/C54H33N9.C45H31N3/c1-7-19-46-40(13-1)41-14-2-8-20-47(41)61(46)52-55-28-37(29-56-52)34-25-35(38-30-57-53(58-31-38)62-48-21-9-3-15-42(48)43-16-4-10-22-49(43)62)27-36(26-34)39-32-59-54(60-33-39)63-50-23-11-5-17-44(50)45-18-6-12-24-51(45)63;1-4-15-33(16-5-1)43-44(34-17-6-2-7-18-34)48(45(46-43)35-19-8-3-9-20-35)38-22-14-21-36(31-38)32-27-29-37(30-28-32)47-41-25-12-10-23-39(41)40-24-11-13-26-42(40)47/h1-33H;1-31H. The van der Waals surface area contributed by atoms with Gasteiger partial charge in [0.15, 0.2) is 0 Å². The molecule has 0 aliphatic carbocycles. The third-order valence-electron chi connectivity index (χ3n) is 21.3. The Morgan fingerprint density at radius 3 is 0.802 bits per heavy atom. The van der Waals surface area contributed by atoms with Crippen LogP contribution in [-0.4, -0.2) is 57.7 Å². The van der Waals surface area contributed by atoms with Crippen LogP contribution in [0.15, 0.2) is 389 Å². The lowest BCUT2D eigenvalue weighted by atomic mass is 9.96. The van der Waals surface area contributed by atoms with Crippen molar-refractivity contribution < 1.29 is 0 Å². The van der Waals surface area contributed by atoms with Crippen molar-refractivity contribution in [3.8, 4) is 108 Å².